The molecule has 148 valence electrons. The van der Waals surface area contributed by atoms with E-state index in [0.717, 1.165) is 31.4 Å². The highest BCUT2D eigenvalue weighted by Gasteiger charge is 2.32. The monoisotopic (exact) mass is 414 g/mol. The van der Waals surface area contributed by atoms with Crippen LogP contribution in [0.5, 0.6) is 0 Å². The molecule has 0 radical (unpaired) electrons. The molecule has 3 aromatic rings. The summed E-state index contributed by atoms with van der Waals surface area (Å²) in [5.41, 5.74) is -1.18. The molecule has 0 aliphatic heterocycles. The van der Waals surface area contributed by atoms with Crippen molar-refractivity contribution >= 4 is 21.7 Å². The summed E-state index contributed by atoms with van der Waals surface area (Å²) in [6, 6.07) is 8.00. The molecule has 0 aliphatic rings. The van der Waals surface area contributed by atoms with Gasteiger partial charge in [-0.1, -0.05) is 0 Å². The molecule has 0 saturated carbocycles. The number of aromatic nitrogens is 1. The summed E-state index contributed by atoms with van der Waals surface area (Å²) in [5, 5.41) is -0.649. The normalized spacial score (nSPS) is 12.0. The van der Waals surface area contributed by atoms with Crippen molar-refractivity contribution in [1.29, 1.82) is 0 Å². The first-order valence-electron chi connectivity index (χ1n) is 7.67. The Kier molecular flexibility index (Phi) is 4.94. The second kappa shape index (κ2) is 7.08. The highest BCUT2D eigenvalue weighted by Crippen LogP contribution is 2.34. The molecular formula is C17H13F3N2O5S. The Morgan fingerprint density at radius 1 is 1.14 bits per heavy atom. The Balaban J connectivity index is 2.04. The summed E-state index contributed by atoms with van der Waals surface area (Å²) in [6.07, 6.45) is -1.58. The van der Waals surface area contributed by atoms with Crippen LogP contribution in [-0.4, -0.2) is 26.1 Å². The average Bonchev–Trinajstić information content (AvgIpc) is 3.32. The van der Waals surface area contributed by atoms with Crippen LogP contribution in [0, 0.1) is 0 Å². The molecule has 1 aromatic carbocycles. The first-order valence-corrected chi connectivity index (χ1v) is 9.16. The zero-order chi connectivity index (χ0) is 20.5. The molecule has 2 aromatic heterocycles. The number of hydrogen-bond donors (Lipinski definition) is 1. The van der Waals surface area contributed by atoms with Crippen LogP contribution in [0.4, 0.5) is 18.9 Å². The number of nitrogens with one attached hydrogen (secondary N) is 1. The lowest BCUT2D eigenvalue weighted by Gasteiger charge is -2.15. The van der Waals surface area contributed by atoms with Gasteiger partial charge in [0.2, 0.25) is 10.9 Å². The van der Waals surface area contributed by atoms with Crippen LogP contribution in [0.1, 0.15) is 16.1 Å². The Morgan fingerprint density at radius 3 is 2.43 bits per heavy atom. The number of alkyl halides is 3. The van der Waals surface area contributed by atoms with E-state index in [2.05, 4.69) is 9.46 Å². The van der Waals surface area contributed by atoms with Gasteiger partial charge in [-0.15, -0.1) is 0 Å². The van der Waals surface area contributed by atoms with Gasteiger partial charge in [-0.05, 0) is 42.5 Å². The third-order valence-electron chi connectivity index (χ3n) is 3.68. The summed E-state index contributed by atoms with van der Waals surface area (Å²) >= 11 is 0. The summed E-state index contributed by atoms with van der Waals surface area (Å²) in [5.74, 6) is -1.26. The van der Waals surface area contributed by atoms with E-state index in [9.17, 15) is 26.4 Å². The van der Waals surface area contributed by atoms with Gasteiger partial charge < -0.3 is 13.7 Å². The fraction of sp³-hybridized carbons (Fsp3) is 0.118. The highest BCUT2D eigenvalue weighted by atomic mass is 32.2. The maximum absolute atomic E-state index is 13.1. The van der Waals surface area contributed by atoms with Crippen LogP contribution in [-0.2, 0) is 20.9 Å². The number of nitrogens with zero attached hydrogens (tertiary/aromatic N) is 1. The van der Waals surface area contributed by atoms with Crippen molar-refractivity contribution in [3.8, 4) is 5.69 Å². The van der Waals surface area contributed by atoms with Crippen molar-refractivity contribution in [2.24, 2.45) is 0 Å². The molecule has 0 bridgehead atoms. The van der Waals surface area contributed by atoms with Gasteiger partial charge in [0.15, 0.2) is 0 Å². The lowest BCUT2D eigenvalue weighted by molar-refractivity contribution is -0.137. The van der Waals surface area contributed by atoms with Crippen LogP contribution < -0.4 is 4.72 Å². The van der Waals surface area contributed by atoms with Gasteiger partial charge in [-0.25, -0.2) is 4.79 Å². The van der Waals surface area contributed by atoms with Crippen LogP contribution in [0.2, 0.25) is 0 Å². The summed E-state index contributed by atoms with van der Waals surface area (Å²) in [7, 11) is -3.33. The van der Waals surface area contributed by atoms with Crippen molar-refractivity contribution in [3.05, 3.63) is 66.2 Å². The number of carbonyl (C=O) groups excluding carboxylic acids is 1. The fourth-order valence-electron chi connectivity index (χ4n) is 2.38. The largest absolute Gasteiger partial charge is 0.463 e. The maximum Gasteiger partial charge on any atom is 0.416 e. The molecule has 0 spiro atoms. The minimum atomic E-state index is -4.67. The molecule has 1 N–H and O–H groups in total. The van der Waals surface area contributed by atoms with Gasteiger partial charge in [0.05, 0.1) is 24.0 Å². The smallest absolute Gasteiger partial charge is 0.416 e. The number of hydrogen-bond acceptors (Lipinski definition) is 5. The summed E-state index contributed by atoms with van der Waals surface area (Å²) in [6.45, 7) is 0. The molecule has 28 heavy (non-hydrogen) atoms. The zero-order valence-corrected chi connectivity index (χ0v) is 15.0. The SMILES string of the molecule is COC(=O)c1ccc(S(=O)(=O)Nc2cc(C(F)(F)F)ccc2-n2cccc2)o1. The van der Waals surface area contributed by atoms with E-state index in [-0.39, 0.29) is 17.1 Å². The van der Waals surface area contributed by atoms with Gasteiger partial charge in [-0.2, -0.15) is 21.6 Å². The number of furan rings is 1. The minimum absolute atomic E-state index is 0.168. The quantitative estimate of drug-likeness (QED) is 0.644. The fourth-order valence-corrected chi connectivity index (χ4v) is 3.38. The van der Waals surface area contributed by atoms with Crippen LogP contribution in [0.25, 0.3) is 5.69 Å². The lowest BCUT2D eigenvalue weighted by Crippen LogP contribution is -2.15. The Morgan fingerprint density at radius 2 is 1.82 bits per heavy atom. The van der Waals surface area contributed by atoms with E-state index < -0.39 is 32.8 Å². The lowest BCUT2D eigenvalue weighted by atomic mass is 10.1. The number of anilines is 1. The predicted molar refractivity (Wildman–Crippen MR) is 91.6 cm³/mol. The second-order valence-corrected chi connectivity index (χ2v) is 7.15. The summed E-state index contributed by atoms with van der Waals surface area (Å²) < 4.78 is 77.2. The topological polar surface area (TPSA) is 90.5 Å². The third-order valence-corrected chi connectivity index (χ3v) is 4.92. The molecule has 0 fully saturated rings. The highest BCUT2D eigenvalue weighted by molar-refractivity contribution is 7.92. The van der Waals surface area contributed by atoms with E-state index in [1.807, 2.05) is 0 Å². The molecule has 0 saturated heterocycles. The van der Waals surface area contributed by atoms with Crippen molar-refractivity contribution in [1.82, 2.24) is 4.57 Å². The molecule has 7 nitrogen and oxygen atoms in total. The first-order chi connectivity index (χ1) is 13.1. The van der Waals surface area contributed by atoms with Gasteiger partial charge >= 0.3 is 12.1 Å². The number of carbonyl (C=O) groups is 1. The van der Waals surface area contributed by atoms with E-state index in [4.69, 9.17) is 4.42 Å². The third kappa shape index (κ3) is 3.88. The molecule has 0 amide bonds. The molecule has 0 unspecified atom stereocenters. The van der Waals surface area contributed by atoms with E-state index in [0.29, 0.717) is 6.07 Å². The Hall–Kier alpha value is -3.21. The Bertz CT molecular complexity index is 1100. The van der Waals surface area contributed by atoms with Crippen molar-refractivity contribution < 1.29 is 35.5 Å². The molecule has 2 heterocycles. The molecule has 11 heteroatoms. The van der Waals surface area contributed by atoms with Crippen molar-refractivity contribution in [2.75, 3.05) is 11.8 Å². The zero-order valence-electron chi connectivity index (χ0n) is 14.2. The molecule has 0 aliphatic carbocycles. The number of esters is 1. The minimum Gasteiger partial charge on any atom is -0.463 e. The van der Waals surface area contributed by atoms with E-state index in [1.165, 1.54) is 4.57 Å². The van der Waals surface area contributed by atoms with Gasteiger partial charge in [-0.3, -0.25) is 4.72 Å². The number of halogens is 3. The van der Waals surface area contributed by atoms with Gasteiger partial charge in [0, 0.05) is 12.4 Å². The van der Waals surface area contributed by atoms with Gasteiger partial charge in [0.1, 0.15) is 0 Å². The first kappa shape index (κ1) is 19.5. The van der Waals surface area contributed by atoms with Crippen molar-refractivity contribution in [2.45, 2.75) is 11.3 Å². The second-order valence-electron chi connectivity index (χ2n) is 5.54. The molecule has 3 rings (SSSR count). The molecular weight excluding hydrogens is 401 g/mol. The predicted octanol–water partition coefficient (Wildman–Crippen LogP) is 3.68. The van der Waals surface area contributed by atoms with Crippen LogP contribution in [0.3, 0.4) is 0 Å². The number of benzene rings is 1. The summed E-state index contributed by atoms with van der Waals surface area (Å²) in [4.78, 5) is 11.4. The average molecular weight is 414 g/mol. The van der Waals surface area contributed by atoms with Gasteiger partial charge in [0.25, 0.3) is 10.0 Å². The number of ether oxygens (including phenoxy) is 1. The van der Waals surface area contributed by atoms with Crippen LogP contribution >= 0.6 is 0 Å². The van der Waals surface area contributed by atoms with E-state index >= 15 is 0 Å². The maximum atomic E-state index is 13.1. The van der Waals surface area contributed by atoms with Crippen molar-refractivity contribution in [3.63, 3.8) is 0 Å². The number of methoxy groups -OCH3 is 1. The molecule has 0 atom stereocenters. The number of sulfonamides is 1. The number of rotatable bonds is 5. The van der Waals surface area contributed by atoms with Crippen LogP contribution in [0.15, 0.2) is 64.4 Å². The standard InChI is InChI=1S/C17H13F3N2O5S/c1-26-16(23)14-6-7-15(27-14)28(24,25)21-12-10-11(17(18,19)20)4-5-13(12)22-8-2-3-9-22/h2-10,21H,1H3. The Labute approximate surface area is 157 Å². The van der Waals surface area contributed by atoms with E-state index in [1.54, 1.807) is 24.5 Å².